The Morgan fingerprint density at radius 1 is 0.767 bits per heavy atom. The van der Waals surface area contributed by atoms with Gasteiger partial charge in [0.15, 0.2) is 0 Å². The second-order valence-electron chi connectivity index (χ2n) is 9.90. The minimum absolute atomic E-state index is 0.0100. The zero-order valence-electron chi connectivity index (χ0n) is 23.1. The number of hydrogen-bond donors (Lipinski definition) is 8. The van der Waals surface area contributed by atoms with Crippen molar-refractivity contribution >= 4 is 29.7 Å². The number of aromatic hydroxyl groups is 1. The Labute approximate surface area is 246 Å². The van der Waals surface area contributed by atoms with Crippen LogP contribution in [0.2, 0.25) is 0 Å². The number of amides is 3. The van der Waals surface area contributed by atoms with Crippen LogP contribution in [0.15, 0.2) is 67.1 Å². The quantitative estimate of drug-likeness (QED) is 0.109. The number of imidazole rings is 1. The Balaban J connectivity index is 1.83. The molecule has 0 saturated heterocycles. The number of phenolic OH excluding ortho intramolecular Hbond substituents is 1. The molecule has 3 amide bonds. The van der Waals surface area contributed by atoms with Crippen molar-refractivity contribution in [3.05, 3.63) is 83.9 Å². The standard InChI is InChI=1S/C29H34N6O8/c30-21(10-11-25(37)38)26(39)33-22(12-17-4-2-1-3-5-17)27(40)34-23(13-18-6-8-20(36)9-7-18)28(41)35-24(29(42)43)14-19-15-31-16-32-19/h1-9,15-16,21-24,36H,10-14,30H2,(H,31,32)(H,33,39)(H,34,40)(H,35,41)(H,37,38)(H,42,43). The van der Waals surface area contributed by atoms with Crippen LogP contribution in [0, 0.1) is 0 Å². The maximum absolute atomic E-state index is 13.6. The van der Waals surface area contributed by atoms with Gasteiger partial charge in [-0.25, -0.2) is 9.78 Å². The number of carboxylic acids is 2. The molecule has 1 heterocycles. The van der Waals surface area contributed by atoms with Crippen molar-refractivity contribution in [2.45, 2.75) is 56.3 Å². The van der Waals surface area contributed by atoms with E-state index in [4.69, 9.17) is 10.8 Å². The van der Waals surface area contributed by atoms with Crippen molar-refractivity contribution in [1.82, 2.24) is 25.9 Å². The summed E-state index contributed by atoms with van der Waals surface area (Å²) in [5.74, 6) is -4.73. The molecule has 0 aliphatic heterocycles. The first-order valence-electron chi connectivity index (χ1n) is 13.4. The van der Waals surface area contributed by atoms with Gasteiger partial charge in [0, 0.05) is 37.6 Å². The average Bonchev–Trinajstić information content (AvgIpc) is 3.49. The van der Waals surface area contributed by atoms with E-state index in [1.54, 1.807) is 42.5 Å². The summed E-state index contributed by atoms with van der Waals surface area (Å²) in [4.78, 5) is 69.3. The zero-order chi connectivity index (χ0) is 31.4. The Morgan fingerprint density at radius 3 is 1.86 bits per heavy atom. The molecule has 0 spiro atoms. The van der Waals surface area contributed by atoms with Gasteiger partial charge < -0.3 is 42.0 Å². The number of hydrogen-bond acceptors (Lipinski definition) is 8. The van der Waals surface area contributed by atoms with Gasteiger partial charge in [0.25, 0.3) is 0 Å². The van der Waals surface area contributed by atoms with Crippen LogP contribution in [0.5, 0.6) is 5.75 Å². The van der Waals surface area contributed by atoms with Crippen LogP contribution >= 0.6 is 0 Å². The second kappa shape index (κ2) is 15.7. The lowest BCUT2D eigenvalue weighted by Crippen LogP contribution is -2.58. The van der Waals surface area contributed by atoms with Gasteiger partial charge in [-0.05, 0) is 29.7 Å². The van der Waals surface area contributed by atoms with Gasteiger partial charge in [0.2, 0.25) is 17.7 Å². The molecule has 0 aliphatic rings. The maximum atomic E-state index is 13.6. The lowest BCUT2D eigenvalue weighted by atomic mass is 10.0. The summed E-state index contributed by atoms with van der Waals surface area (Å²) in [6, 6.07) is 9.62. The number of nitrogens with zero attached hydrogens (tertiary/aromatic N) is 1. The SMILES string of the molecule is NC(CCC(=O)O)C(=O)NC(Cc1ccccc1)C(=O)NC(Cc1ccc(O)cc1)C(=O)NC(Cc1cnc[nH]1)C(=O)O. The molecule has 43 heavy (non-hydrogen) atoms. The average molecular weight is 595 g/mol. The number of aliphatic carboxylic acids is 2. The highest BCUT2D eigenvalue weighted by molar-refractivity contribution is 5.94. The van der Waals surface area contributed by atoms with Gasteiger partial charge in [-0.2, -0.15) is 0 Å². The van der Waals surface area contributed by atoms with E-state index in [0.717, 1.165) is 0 Å². The van der Waals surface area contributed by atoms with Gasteiger partial charge >= 0.3 is 11.9 Å². The number of H-pyrrole nitrogens is 1. The van der Waals surface area contributed by atoms with Crippen molar-refractivity contribution < 1.29 is 39.3 Å². The fourth-order valence-corrected chi connectivity index (χ4v) is 4.19. The molecule has 9 N–H and O–H groups in total. The van der Waals surface area contributed by atoms with Crippen molar-refractivity contribution in [3.8, 4) is 5.75 Å². The number of aromatic amines is 1. The minimum atomic E-state index is -1.35. The molecule has 0 aliphatic carbocycles. The third-order valence-electron chi connectivity index (χ3n) is 6.52. The van der Waals surface area contributed by atoms with Crippen LogP contribution in [0.1, 0.15) is 29.7 Å². The molecule has 4 atom stereocenters. The van der Waals surface area contributed by atoms with E-state index in [-0.39, 0.29) is 37.9 Å². The Kier molecular flexibility index (Phi) is 11.8. The molecule has 3 aromatic rings. The molecular formula is C29H34N6O8. The first-order chi connectivity index (χ1) is 20.5. The summed E-state index contributed by atoms with van der Waals surface area (Å²) >= 11 is 0. The molecule has 1 aromatic heterocycles. The predicted molar refractivity (Wildman–Crippen MR) is 153 cm³/mol. The van der Waals surface area contributed by atoms with Crippen molar-refractivity contribution in [2.24, 2.45) is 5.73 Å². The summed E-state index contributed by atoms with van der Waals surface area (Å²) in [7, 11) is 0. The fourth-order valence-electron chi connectivity index (χ4n) is 4.19. The van der Waals surface area contributed by atoms with E-state index in [0.29, 0.717) is 16.8 Å². The molecule has 0 saturated carbocycles. The largest absolute Gasteiger partial charge is 0.508 e. The normalized spacial score (nSPS) is 13.6. The van der Waals surface area contributed by atoms with Gasteiger partial charge in [-0.15, -0.1) is 0 Å². The van der Waals surface area contributed by atoms with E-state index < -0.39 is 53.8 Å². The van der Waals surface area contributed by atoms with E-state index in [1.165, 1.54) is 24.7 Å². The van der Waals surface area contributed by atoms with Crippen LogP contribution in [0.4, 0.5) is 0 Å². The zero-order valence-corrected chi connectivity index (χ0v) is 23.1. The van der Waals surface area contributed by atoms with Crippen LogP contribution in [-0.2, 0) is 43.2 Å². The number of nitrogens with one attached hydrogen (secondary N) is 4. The number of phenols is 1. The summed E-state index contributed by atoms with van der Waals surface area (Å²) in [6.45, 7) is 0. The maximum Gasteiger partial charge on any atom is 0.326 e. The van der Waals surface area contributed by atoms with Gasteiger partial charge in [-0.1, -0.05) is 42.5 Å². The molecule has 2 aromatic carbocycles. The second-order valence-corrected chi connectivity index (χ2v) is 9.90. The smallest absolute Gasteiger partial charge is 0.326 e. The Hall–Kier alpha value is -5.24. The van der Waals surface area contributed by atoms with Crippen LogP contribution < -0.4 is 21.7 Å². The Morgan fingerprint density at radius 2 is 1.33 bits per heavy atom. The minimum Gasteiger partial charge on any atom is -0.508 e. The number of benzene rings is 2. The summed E-state index contributed by atoms with van der Waals surface area (Å²) in [5, 5.41) is 35.9. The van der Waals surface area contributed by atoms with Crippen LogP contribution in [0.25, 0.3) is 0 Å². The summed E-state index contributed by atoms with van der Waals surface area (Å²) in [6.07, 6.45) is 2.16. The molecule has 0 bridgehead atoms. The molecule has 0 radical (unpaired) electrons. The van der Waals surface area contributed by atoms with Crippen LogP contribution in [-0.4, -0.2) is 79.1 Å². The highest BCUT2D eigenvalue weighted by atomic mass is 16.4. The first kappa shape index (κ1) is 32.3. The number of rotatable bonds is 16. The molecule has 0 fully saturated rings. The highest BCUT2D eigenvalue weighted by Gasteiger charge is 2.31. The van der Waals surface area contributed by atoms with Gasteiger partial charge in [0.05, 0.1) is 12.4 Å². The lowest BCUT2D eigenvalue weighted by molar-refractivity contribution is -0.142. The number of aromatic nitrogens is 2. The fraction of sp³-hybridized carbons (Fsp3) is 0.310. The molecule has 228 valence electrons. The monoisotopic (exact) mass is 594 g/mol. The van der Waals surface area contributed by atoms with E-state index in [2.05, 4.69) is 25.9 Å². The summed E-state index contributed by atoms with van der Waals surface area (Å²) < 4.78 is 0. The van der Waals surface area contributed by atoms with Gasteiger partial charge in [0.1, 0.15) is 23.9 Å². The molecule has 3 rings (SSSR count). The van der Waals surface area contributed by atoms with Crippen molar-refractivity contribution in [1.29, 1.82) is 0 Å². The topological polar surface area (TPSA) is 237 Å². The number of nitrogens with two attached hydrogens (primary N) is 1. The third kappa shape index (κ3) is 10.6. The number of carbonyl (C=O) groups is 5. The summed E-state index contributed by atoms with van der Waals surface area (Å²) in [5.41, 5.74) is 7.57. The van der Waals surface area contributed by atoms with Crippen molar-refractivity contribution in [2.75, 3.05) is 0 Å². The van der Waals surface area contributed by atoms with Crippen LogP contribution in [0.3, 0.4) is 0 Å². The highest BCUT2D eigenvalue weighted by Crippen LogP contribution is 2.13. The van der Waals surface area contributed by atoms with Gasteiger partial charge in [-0.3, -0.25) is 19.2 Å². The third-order valence-corrected chi connectivity index (χ3v) is 6.52. The number of carbonyl (C=O) groups excluding carboxylic acids is 3. The molecule has 14 heteroatoms. The predicted octanol–water partition coefficient (Wildman–Crippen LogP) is -0.126. The van der Waals surface area contributed by atoms with Crippen molar-refractivity contribution in [3.63, 3.8) is 0 Å². The number of carboxylic acid groups (broad SMARTS) is 2. The Bertz CT molecular complexity index is 1380. The molecule has 14 nitrogen and oxygen atoms in total. The molecule has 4 unspecified atom stereocenters. The lowest BCUT2D eigenvalue weighted by Gasteiger charge is -2.25. The van der Waals surface area contributed by atoms with E-state index in [9.17, 15) is 34.2 Å². The first-order valence-corrected chi connectivity index (χ1v) is 13.4. The van der Waals surface area contributed by atoms with E-state index in [1.807, 2.05) is 0 Å². The molecular weight excluding hydrogens is 560 g/mol. The van der Waals surface area contributed by atoms with E-state index >= 15 is 0 Å².